The Balaban J connectivity index is 0.00000341. The Morgan fingerprint density at radius 1 is 1.39 bits per heavy atom. The second-order valence-corrected chi connectivity index (χ2v) is 7.92. The molecule has 31 heavy (non-hydrogen) atoms. The molecule has 0 unspecified atom stereocenters. The van der Waals surface area contributed by atoms with Gasteiger partial charge in [-0.3, -0.25) is 9.69 Å². The number of likely N-dealkylation sites (N-methyl/N-ethyl adjacent to an activating group) is 1. The Labute approximate surface area is 188 Å². The summed E-state index contributed by atoms with van der Waals surface area (Å²) in [6.07, 6.45) is 0.170. The molecular formula is C21H30ClN5O4. The molecule has 1 aliphatic heterocycles. The van der Waals surface area contributed by atoms with Crippen LogP contribution >= 0.6 is 12.4 Å². The molecule has 0 saturated heterocycles. The first-order chi connectivity index (χ1) is 14.2. The third kappa shape index (κ3) is 4.99. The summed E-state index contributed by atoms with van der Waals surface area (Å²) in [5, 5.41) is 16.9. The van der Waals surface area contributed by atoms with Crippen molar-refractivity contribution in [2.45, 2.75) is 58.7 Å². The van der Waals surface area contributed by atoms with E-state index in [-0.39, 0.29) is 36.4 Å². The molecule has 1 aliphatic rings. The molecule has 2 amide bonds. The van der Waals surface area contributed by atoms with Crippen LogP contribution in [0.25, 0.3) is 11.5 Å². The minimum Gasteiger partial charge on any atom is -0.465 e. The quantitative estimate of drug-likeness (QED) is 0.691. The van der Waals surface area contributed by atoms with Crippen LogP contribution in [0.15, 0.2) is 22.7 Å². The van der Waals surface area contributed by atoms with E-state index < -0.39 is 6.09 Å². The van der Waals surface area contributed by atoms with Gasteiger partial charge in [0.05, 0.1) is 6.04 Å². The average Bonchev–Trinajstić information content (AvgIpc) is 3.14. The molecule has 9 nitrogen and oxygen atoms in total. The fourth-order valence-corrected chi connectivity index (χ4v) is 4.13. The van der Waals surface area contributed by atoms with Gasteiger partial charge >= 0.3 is 6.09 Å². The zero-order valence-corrected chi connectivity index (χ0v) is 19.3. The number of carbonyl (C=O) groups excluding carboxylic acids is 1. The molecule has 0 aliphatic carbocycles. The number of carbonyl (C=O) groups is 2. The van der Waals surface area contributed by atoms with Crippen molar-refractivity contribution < 1.29 is 19.2 Å². The van der Waals surface area contributed by atoms with Crippen LogP contribution in [0.2, 0.25) is 0 Å². The number of rotatable bonds is 6. The van der Waals surface area contributed by atoms with E-state index in [0.717, 1.165) is 17.8 Å². The molecule has 0 fully saturated rings. The highest BCUT2D eigenvalue weighted by Gasteiger charge is 2.38. The zero-order valence-electron chi connectivity index (χ0n) is 18.5. The smallest absolute Gasteiger partial charge is 0.408 e. The highest BCUT2D eigenvalue weighted by Crippen LogP contribution is 2.42. The van der Waals surface area contributed by atoms with Gasteiger partial charge in [0.1, 0.15) is 0 Å². The van der Waals surface area contributed by atoms with Crippen molar-refractivity contribution in [3.63, 3.8) is 0 Å². The second-order valence-electron chi connectivity index (χ2n) is 7.92. The van der Waals surface area contributed by atoms with Crippen molar-refractivity contribution in [1.29, 1.82) is 0 Å². The van der Waals surface area contributed by atoms with Gasteiger partial charge in [-0.15, -0.1) is 12.4 Å². The Hall–Kier alpha value is -2.65. The fraction of sp³-hybridized carbons (Fsp3) is 0.524. The maximum atomic E-state index is 12.3. The molecule has 1 aromatic carbocycles. The number of anilines is 1. The number of halogens is 1. The van der Waals surface area contributed by atoms with Crippen LogP contribution in [0.3, 0.4) is 0 Å². The fourth-order valence-electron chi connectivity index (χ4n) is 4.13. The van der Waals surface area contributed by atoms with Crippen molar-refractivity contribution >= 4 is 30.1 Å². The van der Waals surface area contributed by atoms with Gasteiger partial charge in [0.2, 0.25) is 5.91 Å². The molecule has 2 N–H and O–H groups in total. The summed E-state index contributed by atoms with van der Waals surface area (Å²) in [6, 6.07) is 4.83. The van der Waals surface area contributed by atoms with Crippen LogP contribution < -0.4 is 10.2 Å². The van der Waals surface area contributed by atoms with Crippen molar-refractivity contribution in [1.82, 2.24) is 20.4 Å². The zero-order chi connectivity index (χ0) is 22.0. The van der Waals surface area contributed by atoms with E-state index in [1.165, 1.54) is 11.8 Å². The maximum Gasteiger partial charge on any atom is 0.408 e. The lowest BCUT2D eigenvalue weighted by Crippen LogP contribution is -2.48. The number of amides is 2. The topological polar surface area (TPSA) is 112 Å². The molecular weight excluding hydrogens is 422 g/mol. The van der Waals surface area contributed by atoms with Gasteiger partial charge < -0.3 is 19.8 Å². The van der Waals surface area contributed by atoms with Crippen molar-refractivity contribution in [2.75, 3.05) is 18.5 Å². The second kappa shape index (κ2) is 10.1. The van der Waals surface area contributed by atoms with Crippen LogP contribution in [0.4, 0.5) is 10.5 Å². The number of benzene rings is 1. The molecule has 3 rings (SSSR count). The first kappa shape index (κ1) is 24.6. The molecule has 1 aromatic heterocycles. The minimum absolute atomic E-state index is 0. The molecule has 0 radical (unpaired) electrons. The molecule has 2 atom stereocenters. The Kier molecular flexibility index (Phi) is 8.02. The number of hydrogen-bond acceptors (Lipinski definition) is 6. The third-order valence-corrected chi connectivity index (χ3v) is 5.42. The number of carboxylic acid groups (broad SMARTS) is 1. The van der Waals surface area contributed by atoms with Gasteiger partial charge in [0, 0.05) is 43.2 Å². The van der Waals surface area contributed by atoms with Gasteiger partial charge in [-0.2, -0.15) is 4.98 Å². The van der Waals surface area contributed by atoms with Crippen LogP contribution in [-0.4, -0.2) is 57.8 Å². The highest BCUT2D eigenvalue weighted by atomic mass is 35.5. The van der Waals surface area contributed by atoms with Gasteiger partial charge in [0.15, 0.2) is 5.82 Å². The SMILES string of the molecule is CNCCc1noc(-c2ccc3c(c2)[C@H](N(C(=O)O)C(C)C)C[C@H](C)N3C(C)=O)n1.Cl. The van der Waals surface area contributed by atoms with Crippen LogP contribution in [0.1, 0.15) is 51.5 Å². The molecule has 2 aromatic rings. The largest absolute Gasteiger partial charge is 0.465 e. The highest BCUT2D eigenvalue weighted by molar-refractivity contribution is 5.94. The average molecular weight is 452 g/mol. The maximum absolute atomic E-state index is 12.3. The summed E-state index contributed by atoms with van der Waals surface area (Å²) in [6.45, 7) is 7.91. The van der Waals surface area contributed by atoms with Gasteiger partial charge in [0.25, 0.3) is 5.89 Å². The number of nitrogens with one attached hydrogen (secondary N) is 1. The Morgan fingerprint density at radius 2 is 2.10 bits per heavy atom. The third-order valence-electron chi connectivity index (χ3n) is 5.42. The summed E-state index contributed by atoms with van der Waals surface area (Å²) >= 11 is 0. The lowest BCUT2D eigenvalue weighted by molar-refractivity contribution is -0.117. The predicted octanol–water partition coefficient (Wildman–Crippen LogP) is 3.49. The summed E-state index contributed by atoms with van der Waals surface area (Å²) in [7, 11) is 1.86. The number of hydrogen-bond donors (Lipinski definition) is 2. The van der Waals surface area contributed by atoms with E-state index in [1.807, 2.05) is 46.0 Å². The van der Waals surface area contributed by atoms with Gasteiger partial charge in [-0.1, -0.05) is 5.16 Å². The molecule has 0 bridgehead atoms. The Bertz CT molecular complexity index is 932. The number of nitrogens with zero attached hydrogens (tertiary/aromatic N) is 4. The summed E-state index contributed by atoms with van der Waals surface area (Å²) < 4.78 is 5.43. The van der Waals surface area contributed by atoms with E-state index in [0.29, 0.717) is 30.1 Å². The summed E-state index contributed by atoms with van der Waals surface area (Å²) in [5.74, 6) is 0.900. The van der Waals surface area contributed by atoms with Crippen LogP contribution in [-0.2, 0) is 11.2 Å². The summed E-state index contributed by atoms with van der Waals surface area (Å²) in [5.41, 5.74) is 2.19. The lowest BCUT2D eigenvalue weighted by atomic mass is 9.88. The van der Waals surface area contributed by atoms with Gasteiger partial charge in [-0.05, 0) is 58.0 Å². The van der Waals surface area contributed by atoms with Gasteiger partial charge in [-0.25, -0.2) is 4.79 Å². The lowest BCUT2D eigenvalue weighted by Gasteiger charge is -2.43. The van der Waals surface area contributed by atoms with E-state index >= 15 is 0 Å². The van der Waals surface area contributed by atoms with Crippen LogP contribution in [0, 0.1) is 0 Å². The summed E-state index contributed by atoms with van der Waals surface area (Å²) in [4.78, 5) is 32.0. The van der Waals surface area contributed by atoms with E-state index in [2.05, 4.69) is 15.5 Å². The Morgan fingerprint density at radius 3 is 2.68 bits per heavy atom. The molecule has 0 saturated carbocycles. The van der Waals surface area contributed by atoms with Crippen LogP contribution in [0.5, 0.6) is 0 Å². The first-order valence-corrected chi connectivity index (χ1v) is 10.2. The van der Waals surface area contributed by atoms with Crippen molar-refractivity contribution in [2.24, 2.45) is 0 Å². The number of aromatic nitrogens is 2. The molecule has 2 heterocycles. The monoisotopic (exact) mass is 451 g/mol. The predicted molar refractivity (Wildman–Crippen MR) is 120 cm³/mol. The van der Waals surface area contributed by atoms with E-state index in [1.54, 1.807) is 4.90 Å². The first-order valence-electron chi connectivity index (χ1n) is 10.2. The van der Waals surface area contributed by atoms with E-state index in [4.69, 9.17) is 4.52 Å². The molecule has 170 valence electrons. The molecule has 10 heteroatoms. The van der Waals surface area contributed by atoms with Crippen molar-refractivity contribution in [3.8, 4) is 11.5 Å². The van der Waals surface area contributed by atoms with E-state index in [9.17, 15) is 14.7 Å². The minimum atomic E-state index is -0.984. The van der Waals surface area contributed by atoms with Crippen molar-refractivity contribution in [3.05, 3.63) is 29.6 Å². The number of fused-ring (bicyclic) bond motifs is 1. The normalized spacial score (nSPS) is 17.8. The molecule has 0 spiro atoms. The standard InChI is InChI=1S/C21H29N5O4.ClH/c1-12(2)25(21(28)29)18-10-13(3)26(14(4)27)17-7-6-15(11-16(17)18)20-23-19(24-30-20)8-9-22-5;/h6-7,11-13,18,22H,8-10H2,1-5H3,(H,28,29);1H/t13-,18+;/m0./s1.